The Bertz CT molecular complexity index is 1590. The van der Waals surface area contributed by atoms with Gasteiger partial charge in [-0.05, 0) is 58.0 Å². The second-order valence-corrected chi connectivity index (χ2v) is 12.2. The molecule has 42 heavy (non-hydrogen) atoms. The predicted molar refractivity (Wildman–Crippen MR) is 148 cm³/mol. The maximum absolute atomic E-state index is 13.4. The van der Waals surface area contributed by atoms with Crippen LogP contribution in [0.25, 0.3) is 11.3 Å². The lowest BCUT2D eigenvalue weighted by Crippen LogP contribution is -2.60. The number of sulfonamides is 1. The molecule has 0 radical (unpaired) electrons. The number of nitrogens with two attached hydrogens (primary N) is 1. The van der Waals surface area contributed by atoms with Gasteiger partial charge in [-0.25, -0.2) is 28.1 Å². The van der Waals surface area contributed by atoms with Crippen molar-refractivity contribution in [2.75, 3.05) is 17.2 Å². The lowest BCUT2D eigenvalue weighted by molar-refractivity contribution is -0.386. The van der Waals surface area contributed by atoms with Crippen LogP contribution >= 0.6 is 0 Å². The number of amides is 1. The third-order valence-electron chi connectivity index (χ3n) is 6.97. The summed E-state index contributed by atoms with van der Waals surface area (Å²) in [6.07, 6.45) is 2.61. The van der Waals surface area contributed by atoms with E-state index in [2.05, 4.69) is 15.0 Å². The highest BCUT2D eigenvalue weighted by Crippen LogP contribution is 2.46. The van der Waals surface area contributed by atoms with Crippen LogP contribution in [0.5, 0.6) is 5.88 Å². The molecule has 0 spiro atoms. The molecule has 8 N–H and O–H groups in total. The van der Waals surface area contributed by atoms with Crippen molar-refractivity contribution in [2.45, 2.75) is 56.0 Å². The van der Waals surface area contributed by atoms with E-state index in [0.29, 0.717) is 11.4 Å². The van der Waals surface area contributed by atoms with Gasteiger partial charge in [0.2, 0.25) is 5.88 Å². The average molecular weight is 605 g/mol. The molecule has 0 bridgehead atoms. The van der Waals surface area contributed by atoms with Crippen LogP contribution in [0, 0.1) is 5.92 Å². The van der Waals surface area contributed by atoms with Crippen molar-refractivity contribution in [3.63, 3.8) is 0 Å². The molecule has 0 unspecified atom stereocenters. The largest absolute Gasteiger partial charge is 0.475 e. The first-order chi connectivity index (χ1) is 19.4. The third-order valence-corrected chi connectivity index (χ3v) is 8.35. The molecule has 3 aromatic rings. The Balaban J connectivity index is 1.83. The van der Waals surface area contributed by atoms with Crippen LogP contribution in [-0.4, -0.2) is 84.8 Å². The number of hydrogen-bond acceptors (Lipinski definition) is 14. The van der Waals surface area contributed by atoms with E-state index in [-0.39, 0.29) is 29.0 Å². The van der Waals surface area contributed by atoms with Crippen LogP contribution in [0.3, 0.4) is 0 Å². The maximum Gasteiger partial charge on any atom is 0.285 e. The molecule has 1 fully saturated rings. The SMILES string of the molecule is CC(C)Oc1ccc(-c2ccc(C(=O)NS(=O)(=O)c3cccnc3N)c(N3C[C@@H](C(O)(O)O)C(O)(O)C3(C)C)n2)cn1. The highest BCUT2D eigenvalue weighted by molar-refractivity contribution is 7.90. The molecular weight excluding hydrogens is 572 g/mol. The Labute approximate surface area is 241 Å². The van der Waals surface area contributed by atoms with Gasteiger partial charge in [0.05, 0.1) is 22.9 Å². The molecule has 1 aliphatic rings. The van der Waals surface area contributed by atoms with E-state index in [4.69, 9.17) is 10.5 Å². The highest BCUT2D eigenvalue weighted by Gasteiger charge is 2.65. The molecule has 4 rings (SSSR count). The molecule has 1 amide bonds. The molecule has 3 aromatic heterocycles. The molecular formula is C26H32N6O9S. The zero-order chi connectivity index (χ0) is 31.3. The topological polar surface area (TPSA) is 242 Å². The lowest BCUT2D eigenvalue weighted by Gasteiger charge is -2.40. The predicted octanol–water partition coefficient (Wildman–Crippen LogP) is -0.447. The summed E-state index contributed by atoms with van der Waals surface area (Å²) in [6.45, 7) is 5.66. The average Bonchev–Trinajstić information content (AvgIpc) is 3.07. The quantitative estimate of drug-likeness (QED) is 0.161. The first-order valence-electron chi connectivity index (χ1n) is 12.7. The van der Waals surface area contributed by atoms with Crippen LogP contribution in [-0.2, 0) is 10.0 Å². The summed E-state index contributed by atoms with van der Waals surface area (Å²) in [7, 11) is -4.52. The third kappa shape index (κ3) is 5.72. The Kier molecular flexibility index (Phi) is 7.92. The molecule has 0 saturated carbocycles. The summed E-state index contributed by atoms with van der Waals surface area (Å²) in [5.41, 5.74) is 4.26. The van der Waals surface area contributed by atoms with E-state index in [1.807, 2.05) is 18.6 Å². The maximum atomic E-state index is 13.4. The molecule has 4 heterocycles. The van der Waals surface area contributed by atoms with E-state index >= 15 is 0 Å². The fraction of sp³-hybridized carbons (Fsp3) is 0.385. The molecule has 1 aliphatic heterocycles. The monoisotopic (exact) mass is 604 g/mol. The number of aromatic nitrogens is 3. The van der Waals surface area contributed by atoms with Gasteiger partial charge in [0.25, 0.3) is 21.9 Å². The van der Waals surface area contributed by atoms with Gasteiger partial charge in [0.1, 0.15) is 22.4 Å². The zero-order valence-corrected chi connectivity index (χ0v) is 23.9. The number of ether oxygens (including phenoxy) is 1. The van der Waals surface area contributed by atoms with E-state index in [0.717, 1.165) is 11.0 Å². The normalized spacial score (nSPS) is 18.2. The minimum absolute atomic E-state index is 0.122. The number of anilines is 2. The minimum Gasteiger partial charge on any atom is -0.475 e. The standard InChI is InChI=1S/C26H32N6O9S/c1-14(2)41-20-10-7-15(12-29-20)17-9-8-16(23(33)31-42(39,40)18-6-5-11-28-21(18)27)22(30-17)32-13-19(26(36,37)38)25(34,35)24(32,3)4/h5-12,14,19,34-38H,13H2,1-4H3,(H2,27,28)(H,31,33)/t19-/m1/s1. The van der Waals surface area contributed by atoms with Gasteiger partial charge in [-0.1, -0.05) is 0 Å². The molecule has 15 nitrogen and oxygen atoms in total. The van der Waals surface area contributed by atoms with E-state index < -0.39 is 50.6 Å². The first-order valence-corrected chi connectivity index (χ1v) is 14.2. The number of nitrogen functional groups attached to an aromatic ring is 1. The molecule has 0 aliphatic carbocycles. The number of rotatable bonds is 8. The van der Waals surface area contributed by atoms with E-state index in [9.17, 15) is 38.7 Å². The van der Waals surface area contributed by atoms with Gasteiger partial charge in [0.15, 0.2) is 5.79 Å². The summed E-state index contributed by atoms with van der Waals surface area (Å²) >= 11 is 0. The molecule has 0 aromatic carbocycles. The molecule has 1 saturated heterocycles. The van der Waals surface area contributed by atoms with Crippen LogP contribution in [0.4, 0.5) is 11.6 Å². The van der Waals surface area contributed by atoms with Crippen LogP contribution in [0.2, 0.25) is 0 Å². The number of aliphatic hydroxyl groups is 5. The Morgan fingerprint density at radius 2 is 1.83 bits per heavy atom. The van der Waals surface area contributed by atoms with Gasteiger partial charge < -0.3 is 40.9 Å². The summed E-state index contributed by atoms with van der Waals surface area (Å²) in [4.78, 5) is 26.6. The molecule has 16 heteroatoms. The van der Waals surface area contributed by atoms with E-state index in [1.165, 1.54) is 44.4 Å². The van der Waals surface area contributed by atoms with Gasteiger partial charge in [-0.3, -0.25) is 4.79 Å². The summed E-state index contributed by atoms with van der Waals surface area (Å²) in [6, 6.07) is 8.40. The van der Waals surface area contributed by atoms with Gasteiger partial charge in [0, 0.05) is 30.6 Å². The summed E-state index contributed by atoms with van der Waals surface area (Å²) in [5.74, 6) is -9.85. The van der Waals surface area contributed by atoms with Crippen molar-refractivity contribution < 1.29 is 43.5 Å². The van der Waals surface area contributed by atoms with Crippen molar-refractivity contribution in [3.05, 3.63) is 54.4 Å². The minimum atomic E-state index is -4.52. The number of hydrogen-bond donors (Lipinski definition) is 7. The van der Waals surface area contributed by atoms with Crippen LogP contribution in [0.1, 0.15) is 38.1 Å². The van der Waals surface area contributed by atoms with Crippen molar-refractivity contribution in [1.29, 1.82) is 0 Å². The Morgan fingerprint density at radius 3 is 2.38 bits per heavy atom. The smallest absolute Gasteiger partial charge is 0.285 e. The number of carbonyl (C=O) groups excluding carboxylic acids is 1. The first kappa shape index (κ1) is 31.0. The number of pyridine rings is 3. The second kappa shape index (κ2) is 10.7. The van der Waals surface area contributed by atoms with Gasteiger partial charge >= 0.3 is 0 Å². The van der Waals surface area contributed by atoms with Gasteiger partial charge in [-0.15, -0.1) is 0 Å². The fourth-order valence-corrected chi connectivity index (χ4v) is 5.65. The van der Waals surface area contributed by atoms with Crippen LogP contribution in [0.15, 0.2) is 53.7 Å². The molecule has 226 valence electrons. The highest BCUT2D eigenvalue weighted by atomic mass is 32.2. The van der Waals surface area contributed by atoms with Crippen molar-refractivity contribution in [1.82, 2.24) is 19.7 Å². The van der Waals surface area contributed by atoms with Crippen molar-refractivity contribution >= 4 is 27.6 Å². The summed E-state index contributed by atoms with van der Waals surface area (Å²) in [5, 5.41) is 51.5. The number of nitrogens with one attached hydrogen (secondary N) is 1. The van der Waals surface area contributed by atoms with Gasteiger partial charge in [-0.2, -0.15) is 0 Å². The number of carbonyl (C=O) groups is 1. The number of nitrogens with zero attached hydrogens (tertiary/aromatic N) is 4. The van der Waals surface area contributed by atoms with E-state index in [1.54, 1.807) is 12.1 Å². The summed E-state index contributed by atoms with van der Waals surface area (Å²) < 4.78 is 33.5. The second-order valence-electron chi connectivity index (χ2n) is 10.6. The zero-order valence-electron chi connectivity index (χ0n) is 23.1. The van der Waals surface area contributed by atoms with Crippen molar-refractivity contribution in [2.24, 2.45) is 5.92 Å². The van der Waals surface area contributed by atoms with Crippen molar-refractivity contribution in [3.8, 4) is 17.1 Å². The fourth-order valence-electron chi connectivity index (χ4n) is 4.60. The Morgan fingerprint density at radius 1 is 1.14 bits per heavy atom. The Hall–Kier alpha value is -3.93. The lowest BCUT2D eigenvalue weighted by atomic mass is 9.86. The van der Waals surface area contributed by atoms with Crippen LogP contribution < -0.4 is 20.1 Å². The molecule has 1 atom stereocenters.